The number of hydrogen-bond acceptors (Lipinski definition) is 6. The molecule has 0 saturated carbocycles. The van der Waals surface area contributed by atoms with Gasteiger partial charge in [0.1, 0.15) is 5.00 Å². The first-order valence-electron chi connectivity index (χ1n) is 8.20. The number of hydrogen-bond donors (Lipinski definition) is 5. The predicted octanol–water partition coefficient (Wildman–Crippen LogP) is 2.88. The van der Waals surface area contributed by atoms with Crippen LogP contribution in [0.25, 0.3) is 0 Å². The van der Waals surface area contributed by atoms with Crippen molar-refractivity contribution in [2.75, 3.05) is 11.9 Å². The molecule has 3 amide bonds. The third-order valence-corrected chi connectivity index (χ3v) is 5.06. The van der Waals surface area contributed by atoms with Crippen LogP contribution in [0.1, 0.15) is 57.0 Å². The Morgan fingerprint density at radius 2 is 1.96 bits per heavy atom. The van der Waals surface area contributed by atoms with Gasteiger partial charge in [0.15, 0.2) is 0 Å². The fourth-order valence-electron chi connectivity index (χ4n) is 2.30. The van der Waals surface area contributed by atoms with Crippen LogP contribution in [0.4, 0.5) is 9.80 Å². The second kappa shape index (κ2) is 9.38. The number of nitrogens with one attached hydrogen (secondary N) is 2. The molecule has 10 heteroatoms. The van der Waals surface area contributed by atoms with Crippen LogP contribution in [0.3, 0.4) is 0 Å². The van der Waals surface area contributed by atoms with Crippen molar-refractivity contribution >= 4 is 47.1 Å². The molecule has 0 bridgehead atoms. The second-order valence-electron chi connectivity index (χ2n) is 5.70. The van der Waals surface area contributed by atoms with Crippen LogP contribution in [0.5, 0.6) is 0 Å². The molecule has 8 nitrogen and oxygen atoms in total. The molecule has 1 heterocycles. The second-order valence-corrected chi connectivity index (χ2v) is 6.99. The zero-order valence-corrected chi connectivity index (χ0v) is 16.3. The summed E-state index contributed by atoms with van der Waals surface area (Å²) in [5.74, 6) is -1.77. The van der Waals surface area contributed by atoms with Gasteiger partial charge in [0.25, 0.3) is 5.91 Å². The van der Waals surface area contributed by atoms with E-state index in [1.54, 1.807) is 12.1 Å². The molecule has 1 aromatic heterocycles. The van der Waals surface area contributed by atoms with E-state index in [4.69, 9.17) is 10.8 Å². The highest BCUT2D eigenvalue weighted by Crippen LogP contribution is 2.35. The lowest BCUT2D eigenvalue weighted by atomic mass is 10.0. The standard InChI is InChI=1S/C17H20N4O4S2/c1-2-3-8-19-17(25)20-15-11(14(18)22)12(21-27-15)13(26)9-4-6-10(7-5-9)16(23)24/h4-7,13,26H,2-3,8H2,1H3,(H2,18,22)(H,23,24)(H2,19,20,25). The number of unbranched alkanes of at least 4 members (excludes halogenated alkanes) is 1. The van der Waals surface area contributed by atoms with Crippen LogP contribution < -0.4 is 16.4 Å². The number of rotatable bonds is 8. The van der Waals surface area contributed by atoms with Crippen molar-refractivity contribution in [1.29, 1.82) is 0 Å². The summed E-state index contributed by atoms with van der Waals surface area (Å²) >= 11 is 5.43. The highest BCUT2D eigenvalue weighted by atomic mass is 32.1. The Bertz CT molecular complexity index is 836. The quantitative estimate of drug-likeness (QED) is 0.338. The maximum absolute atomic E-state index is 11.9. The molecular weight excluding hydrogens is 388 g/mol. The first-order chi connectivity index (χ1) is 12.8. The van der Waals surface area contributed by atoms with Gasteiger partial charge < -0.3 is 16.2 Å². The average Bonchev–Trinajstić information content (AvgIpc) is 3.05. The number of primary amides is 1. The van der Waals surface area contributed by atoms with Gasteiger partial charge in [-0.15, -0.1) is 0 Å². The van der Waals surface area contributed by atoms with Crippen LogP contribution in [0.15, 0.2) is 24.3 Å². The van der Waals surface area contributed by atoms with Gasteiger partial charge >= 0.3 is 12.0 Å². The maximum atomic E-state index is 11.9. The first kappa shape index (κ1) is 20.7. The number of nitrogens with zero attached hydrogens (tertiary/aromatic N) is 1. The summed E-state index contributed by atoms with van der Waals surface area (Å²) in [6.07, 6.45) is 1.79. The molecule has 5 N–H and O–H groups in total. The maximum Gasteiger partial charge on any atom is 0.335 e. The summed E-state index contributed by atoms with van der Waals surface area (Å²) in [5.41, 5.74) is 6.67. The summed E-state index contributed by atoms with van der Waals surface area (Å²) in [7, 11) is 0. The Morgan fingerprint density at radius 1 is 1.30 bits per heavy atom. The number of carboxylic acid groups (broad SMARTS) is 1. The number of amides is 3. The molecule has 2 rings (SSSR count). The zero-order chi connectivity index (χ0) is 20.0. The summed E-state index contributed by atoms with van der Waals surface area (Å²) in [6.45, 7) is 2.53. The van der Waals surface area contributed by atoms with Crippen LogP contribution in [-0.4, -0.2) is 33.9 Å². The van der Waals surface area contributed by atoms with Gasteiger partial charge in [-0.2, -0.15) is 17.0 Å². The topological polar surface area (TPSA) is 134 Å². The molecule has 2 aromatic rings. The van der Waals surface area contributed by atoms with Crippen molar-refractivity contribution in [3.63, 3.8) is 0 Å². The van der Waals surface area contributed by atoms with Gasteiger partial charge in [-0.05, 0) is 35.6 Å². The first-order valence-corrected chi connectivity index (χ1v) is 9.49. The number of aromatic nitrogens is 1. The number of urea groups is 1. The van der Waals surface area contributed by atoms with Crippen molar-refractivity contribution < 1.29 is 19.5 Å². The minimum atomic E-state index is -1.04. The molecule has 0 radical (unpaired) electrons. The van der Waals surface area contributed by atoms with E-state index in [1.807, 2.05) is 6.92 Å². The Kier molecular flexibility index (Phi) is 7.19. The molecule has 144 valence electrons. The molecule has 0 fully saturated rings. The number of anilines is 1. The van der Waals surface area contributed by atoms with Crippen molar-refractivity contribution in [3.8, 4) is 0 Å². The van der Waals surface area contributed by atoms with E-state index >= 15 is 0 Å². The minimum absolute atomic E-state index is 0.0907. The molecule has 1 atom stereocenters. The van der Waals surface area contributed by atoms with Gasteiger partial charge in [0.05, 0.1) is 22.1 Å². The van der Waals surface area contributed by atoms with Crippen LogP contribution in [0, 0.1) is 0 Å². The number of nitrogens with two attached hydrogens (primary N) is 1. The lowest BCUT2D eigenvalue weighted by molar-refractivity contribution is 0.0696. The van der Waals surface area contributed by atoms with Gasteiger partial charge in [-0.3, -0.25) is 10.1 Å². The highest BCUT2D eigenvalue weighted by Gasteiger charge is 2.25. The van der Waals surface area contributed by atoms with E-state index in [0.717, 1.165) is 24.4 Å². The molecule has 0 aliphatic rings. The molecule has 0 aliphatic carbocycles. The third-order valence-electron chi connectivity index (χ3n) is 3.74. The number of carboxylic acids is 1. The molecule has 0 saturated heterocycles. The molecular formula is C17H20N4O4S2. The molecule has 0 aliphatic heterocycles. The SMILES string of the molecule is CCCCNC(=O)Nc1snc(C(S)c2ccc(C(=O)O)cc2)c1C(N)=O. The number of benzene rings is 1. The van der Waals surface area contributed by atoms with Crippen molar-refractivity contribution in [1.82, 2.24) is 9.69 Å². The normalized spacial score (nSPS) is 11.6. The number of carbonyl (C=O) groups is 3. The van der Waals surface area contributed by atoms with E-state index in [0.29, 0.717) is 17.8 Å². The number of carbonyl (C=O) groups excluding carboxylic acids is 2. The predicted molar refractivity (Wildman–Crippen MR) is 107 cm³/mol. The Hall–Kier alpha value is -2.59. The van der Waals surface area contributed by atoms with Crippen molar-refractivity contribution in [3.05, 3.63) is 46.6 Å². The van der Waals surface area contributed by atoms with Crippen LogP contribution in [-0.2, 0) is 0 Å². The Balaban J connectivity index is 2.24. The van der Waals surface area contributed by atoms with E-state index in [1.165, 1.54) is 12.1 Å². The van der Waals surface area contributed by atoms with Crippen LogP contribution in [0.2, 0.25) is 0 Å². The number of thiol groups is 1. The lowest BCUT2D eigenvalue weighted by Gasteiger charge is -2.11. The highest BCUT2D eigenvalue weighted by molar-refractivity contribution is 7.80. The smallest absolute Gasteiger partial charge is 0.335 e. The fourth-order valence-corrected chi connectivity index (χ4v) is 3.56. The number of aromatic carboxylic acids is 1. The molecule has 1 unspecified atom stereocenters. The fraction of sp³-hybridized carbons (Fsp3) is 0.294. The summed E-state index contributed by atoms with van der Waals surface area (Å²) in [5, 5.41) is 13.9. The molecule has 27 heavy (non-hydrogen) atoms. The van der Waals surface area contributed by atoms with Crippen molar-refractivity contribution in [2.45, 2.75) is 25.0 Å². The monoisotopic (exact) mass is 408 g/mol. The van der Waals surface area contributed by atoms with Gasteiger partial charge in [-0.25, -0.2) is 9.59 Å². The van der Waals surface area contributed by atoms with E-state index in [9.17, 15) is 14.4 Å². The Morgan fingerprint density at radius 3 is 2.52 bits per heavy atom. The van der Waals surface area contributed by atoms with E-state index in [-0.39, 0.29) is 16.1 Å². The average molecular weight is 409 g/mol. The minimum Gasteiger partial charge on any atom is -0.478 e. The summed E-state index contributed by atoms with van der Waals surface area (Å²) in [6, 6.07) is 5.63. The molecule has 1 aromatic carbocycles. The summed E-state index contributed by atoms with van der Waals surface area (Å²) in [4.78, 5) is 34.8. The summed E-state index contributed by atoms with van der Waals surface area (Å²) < 4.78 is 4.23. The van der Waals surface area contributed by atoms with E-state index in [2.05, 4.69) is 27.6 Å². The van der Waals surface area contributed by atoms with E-state index < -0.39 is 23.2 Å². The van der Waals surface area contributed by atoms with Crippen LogP contribution >= 0.6 is 24.2 Å². The van der Waals surface area contributed by atoms with Gasteiger partial charge in [0.2, 0.25) is 0 Å². The molecule has 0 spiro atoms. The van der Waals surface area contributed by atoms with Gasteiger partial charge in [-0.1, -0.05) is 25.5 Å². The zero-order valence-electron chi connectivity index (χ0n) is 14.6. The van der Waals surface area contributed by atoms with Crippen molar-refractivity contribution in [2.24, 2.45) is 5.73 Å². The van der Waals surface area contributed by atoms with Gasteiger partial charge in [0, 0.05) is 6.54 Å². The largest absolute Gasteiger partial charge is 0.478 e. The third kappa shape index (κ3) is 5.20. The lowest BCUT2D eigenvalue weighted by Crippen LogP contribution is -2.30. The Labute approximate surface area is 165 Å².